The smallest absolute Gasteiger partial charge is 0.223 e. The summed E-state index contributed by atoms with van der Waals surface area (Å²) in [5.41, 5.74) is 1.59. The molecule has 1 aromatic rings. The summed E-state index contributed by atoms with van der Waals surface area (Å²) in [5.74, 6) is -0.0354. The summed E-state index contributed by atoms with van der Waals surface area (Å²) in [6.45, 7) is 4.84. The van der Waals surface area contributed by atoms with Crippen LogP contribution in [-0.2, 0) is 6.54 Å². The highest BCUT2D eigenvalue weighted by Crippen LogP contribution is 2.38. The van der Waals surface area contributed by atoms with Crippen LogP contribution in [0.15, 0.2) is 10.9 Å². The van der Waals surface area contributed by atoms with E-state index in [0.29, 0.717) is 12.6 Å². The maximum Gasteiger partial charge on any atom is 0.223 e. The fourth-order valence-corrected chi connectivity index (χ4v) is 3.30. The Morgan fingerprint density at radius 1 is 1.20 bits per heavy atom. The van der Waals surface area contributed by atoms with Crippen LogP contribution in [0.2, 0.25) is 0 Å². The zero-order chi connectivity index (χ0) is 14.1. The lowest BCUT2D eigenvalue weighted by Crippen LogP contribution is -2.28. The average molecular weight is 276 g/mol. The normalized spacial score (nSPS) is 20.9. The molecule has 3 rings (SSSR count). The van der Waals surface area contributed by atoms with Crippen LogP contribution < -0.4 is 5.43 Å². The molecule has 1 saturated carbocycles. The zero-order valence-electron chi connectivity index (χ0n) is 12.3. The number of nitrogens with zero attached hydrogens (tertiary/aromatic N) is 2. The second-order valence-electron chi connectivity index (χ2n) is 6.24. The summed E-state index contributed by atoms with van der Waals surface area (Å²) in [5, 5.41) is 10.2. The lowest BCUT2D eigenvalue weighted by molar-refractivity contribution is 0.262. The van der Waals surface area contributed by atoms with Gasteiger partial charge in [-0.3, -0.25) is 9.69 Å². The van der Waals surface area contributed by atoms with Crippen LogP contribution in [0.1, 0.15) is 56.0 Å². The maximum absolute atomic E-state index is 11.9. The largest absolute Gasteiger partial charge is 0.503 e. The van der Waals surface area contributed by atoms with E-state index in [2.05, 4.69) is 9.47 Å². The van der Waals surface area contributed by atoms with Crippen LogP contribution in [0.3, 0.4) is 0 Å². The highest BCUT2D eigenvalue weighted by Gasteiger charge is 2.29. The van der Waals surface area contributed by atoms with Crippen LogP contribution in [0, 0.1) is 6.92 Å². The lowest BCUT2D eigenvalue weighted by atomic mass is 10.2. The Bertz CT molecular complexity index is 538. The van der Waals surface area contributed by atoms with Gasteiger partial charge in [-0.05, 0) is 45.7 Å². The molecule has 0 aromatic carbocycles. The van der Waals surface area contributed by atoms with Gasteiger partial charge in [0.15, 0.2) is 5.75 Å². The van der Waals surface area contributed by atoms with E-state index in [-0.39, 0.29) is 11.2 Å². The molecule has 0 atom stereocenters. The van der Waals surface area contributed by atoms with E-state index in [1.165, 1.54) is 25.7 Å². The molecule has 1 saturated heterocycles. The van der Waals surface area contributed by atoms with Crippen molar-refractivity contribution in [2.24, 2.45) is 0 Å². The molecule has 1 aromatic heterocycles. The van der Waals surface area contributed by atoms with E-state index in [1.54, 1.807) is 6.07 Å². The van der Waals surface area contributed by atoms with Crippen molar-refractivity contribution >= 4 is 0 Å². The third-order valence-electron chi connectivity index (χ3n) is 4.50. The van der Waals surface area contributed by atoms with Crippen molar-refractivity contribution in [3.8, 4) is 5.75 Å². The SMILES string of the molecule is Cc1cc(=O)c(O)c(CN2CCCCCC2)n1C1CC1. The summed E-state index contributed by atoms with van der Waals surface area (Å²) in [4.78, 5) is 14.3. The molecule has 0 amide bonds. The Morgan fingerprint density at radius 2 is 1.85 bits per heavy atom. The zero-order valence-corrected chi connectivity index (χ0v) is 12.3. The molecule has 2 fully saturated rings. The number of pyridine rings is 1. The summed E-state index contributed by atoms with van der Waals surface area (Å²) < 4.78 is 2.20. The van der Waals surface area contributed by atoms with Crippen LogP contribution >= 0.6 is 0 Å². The van der Waals surface area contributed by atoms with Crippen molar-refractivity contribution in [1.29, 1.82) is 0 Å². The summed E-state index contributed by atoms with van der Waals surface area (Å²) in [7, 11) is 0. The van der Waals surface area contributed by atoms with Gasteiger partial charge in [-0.25, -0.2) is 0 Å². The molecule has 1 aliphatic heterocycles. The molecule has 0 bridgehead atoms. The summed E-state index contributed by atoms with van der Waals surface area (Å²) >= 11 is 0. The van der Waals surface area contributed by atoms with Crippen molar-refractivity contribution in [2.45, 2.75) is 58.0 Å². The van der Waals surface area contributed by atoms with E-state index in [4.69, 9.17) is 0 Å². The molecule has 1 N–H and O–H groups in total. The van der Waals surface area contributed by atoms with Gasteiger partial charge in [0.1, 0.15) is 0 Å². The highest BCUT2D eigenvalue weighted by atomic mass is 16.3. The van der Waals surface area contributed by atoms with Gasteiger partial charge >= 0.3 is 0 Å². The Labute approximate surface area is 120 Å². The predicted octanol–water partition coefficient (Wildman–Crippen LogP) is 2.57. The second-order valence-corrected chi connectivity index (χ2v) is 6.24. The van der Waals surface area contributed by atoms with Gasteiger partial charge in [0, 0.05) is 24.3 Å². The minimum absolute atomic E-state index is 0.0354. The number of rotatable bonds is 3. The number of aromatic hydroxyl groups is 1. The molecule has 110 valence electrons. The molecule has 2 aliphatic rings. The van der Waals surface area contributed by atoms with Crippen LogP contribution in [-0.4, -0.2) is 27.7 Å². The third kappa shape index (κ3) is 2.75. The van der Waals surface area contributed by atoms with Crippen molar-refractivity contribution in [3.05, 3.63) is 27.7 Å². The van der Waals surface area contributed by atoms with Gasteiger partial charge in [0.25, 0.3) is 0 Å². The van der Waals surface area contributed by atoms with Gasteiger partial charge in [0.2, 0.25) is 5.43 Å². The first-order chi connectivity index (χ1) is 9.66. The average Bonchev–Trinajstić information content (AvgIpc) is 3.23. The lowest BCUT2D eigenvalue weighted by Gasteiger charge is -2.24. The molecule has 1 aliphatic carbocycles. The molecule has 4 nitrogen and oxygen atoms in total. The summed E-state index contributed by atoms with van der Waals surface area (Å²) in [6.07, 6.45) is 7.37. The van der Waals surface area contributed by atoms with Crippen LogP contribution in [0.4, 0.5) is 0 Å². The Hall–Kier alpha value is -1.29. The Balaban J connectivity index is 1.92. The topological polar surface area (TPSA) is 45.5 Å². The van der Waals surface area contributed by atoms with E-state index in [0.717, 1.165) is 37.3 Å². The molecule has 0 spiro atoms. The molecule has 0 radical (unpaired) electrons. The highest BCUT2D eigenvalue weighted by molar-refractivity contribution is 5.31. The maximum atomic E-state index is 11.9. The van der Waals surface area contributed by atoms with Crippen molar-refractivity contribution < 1.29 is 5.11 Å². The minimum Gasteiger partial charge on any atom is -0.503 e. The number of likely N-dealkylation sites (tertiary alicyclic amines) is 1. The second kappa shape index (κ2) is 5.60. The van der Waals surface area contributed by atoms with Gasteiger partial charge < -0.3 is 9.67 Å². The molecule has 20 heavy (non-hydrogen) atoms. The van der Waals surface area contributed by atoms with Crippen molar-refractivity contribution in [3.63, 3.8) is 0 Å². The standard InChI is InChI=1S/C16H24N2O2/c1-12-10-15(19)16(20)14(18(12)13-6-7-13)11-17-8-4-2-3-5-9-17/h10,13,20H,2-9,11H2,1H3. The molecular formula is C16H24N2O2. The van der Waals surface area contributed by atoms with Gasteiger partial charge in [-0.1, -0.05) is 12.8 Å². The van der Waals surface area contributed by atoms with Crippen molar-refractivity contribution in [2.75, 3.05) is 13.1 Å². The monoisotopic (exact) mass is 276 g/mol. The van der Waals surface area contributed by atoms with Crippen LogP contribution in [0.5, 0.6) is 5.75 Å². The van der Waals surface area contributed by atoms with Gasteiger partial charge in [0.05, 0.1) is 5.69 Å². The predicted molar refractivity (Wildman–Crippen MR) is 79.1 cm³/mol. The quantitative estimate of drug-likeness (QED) is 0.923. The number of aromatic nitrogens is 1. The number of aryl methyl sites for hydroxylation is 1. The number of hydrogen-bond acceptors (Lipinski definition) is 3. The van der Waals surface area contributed by atoms with Gasteiger partial charge in [-0.15, -0.1) is 0 Å². The van der Waals surface area contributed by atoms with Gasteiger partial charge in [-0.2, -0.15) is 0 Å². The summed E-state index contributed by atoms with van der Waals surface area (Å²) in [6, 6.07) is 2.06. The van der Waals surface area contributed by atoms with E-state index < -0.39 is 0 Å². The van der Waals surface area contributed by atoms with E-state index in [1.807, 2.05) is 6.92 Å². The van der Waals surface area contributed by atoms with Crippen LogP contribution in [0.25, 0.3) is 0 Å². The van der Waals surface area contributed by atoms with E-state index >= 15 is 0 Å². The third-order valence-corrected chi connectivity index (χ3v) is 4.50. The fourth-order valence-electron chi connectivity index (χ4n) is 3.30. The first kappa shape index (κ1) is 13.7. The number of hydrogen-bond donors (Lipinski definition) is 1. The van der Waals surface area contributed by atoms with E-state index in [9.17, 15) is 9.90 Å². The first-order valence-electron chi connectivity index (χ1n) is 7.83. The Morgan fingerprint density at radius 3 is 2.45 bits per heavy atom. The molecule has 2 heterocycles. The molecule has 4 heteroatoms. The molecular weight excluding hydrogens is 252 g/mol. The van der Waals surface area contributed by atoms with Crippen molar-refractivity contribution in [1.82, 2.24) is 9.47 Å². The Kier molecular flexibility index (Phi) is 3.83. The molecule has 0 unspecified atom stereocenters. The fraction of sp³-hybridized carbons (Fsp3) is 0.688. The first-order valence-corrected chi connectivity index (χ1v) is 7.83. The minimum atomic E-state index is -0.232.